The standard InChI is InChI=1S/C18H28N4O/c1-13-14-8-6-7-9-15(14)23-16(13)12-21-17(19-5)20-10-11-22-18(2,3)4/h6-9,22H,10-12H2,1-5H3,(H2,19,20,21). The number of aliphatic imine (C=N–C) groups is 1. The SMILES string of the molecule is CN=C(NCCNC(C)(C)C)NCc1oc2ccccc2c1C. The smallest absolute Gasteiger partial charge is 0.191 e. The maximum atomic E-state index is 5.91. The van der Waals surface area contributed by atoms with Gasteiger partial charge in [-0.25, -0.2) is 0 Å². The summed E-state index contributed by atoms with van der Waals surface area (Å²) in [4.78, 5) is 4.25. The zero-order valence-corrected chi connectivity index (χ0v) is 14.8. The fraction of sp³-hybridized carbons (Fsp3) is 0.500. The number of nitrogens with zero attached hydrogens (tertiary/aromatic N) is 1. The summed E-state index contributed by atoms with van der Waals surface area (Å²) < 4.78 is 5.91. The first-order chi connectivity index (χ1) is 10.9. The molecule has 0 saturated heterocycles. The molecule has 3 N–H and O–H groups in total. The van der Waals surface area contributed by atoms with E-state index in [1.54, 1.807) is 7.05 Å². The van der Waals surface area contributed by atoms with Crippen molar-refractivity contribution in [3.8, 4) is 0 Å². The van der Waals surface area contributed by atoms with Gasteiger partial charge in [0.25, 0.3) is 0 Å². The summed E-state index contributed by atoms with van der Waals surface area (Å²) >= 11 is 0. The van der Waals surface area contributed by atoms with Crippen LogP contribution in [-0.4, -0.2) is 31.6 Å². The van der Waals surface area contributed by atoms with Crippen LogP contribution in [0.25, 0.3) is 11.0 Å². The van der Waals surface area contributed by atoms with Gasteiger partial charge < -0.3 is 20.4 Å². The van der Waals surface area contributed by atoms with Gasteiger partial charge in [0.15, 0.2) is 5.96 Å². The molecule has 23 heavy (non-hydrogen) atoms. The average molecular weight is 316 g/mol. The molecule has 0 saturated carbocycles. The highest BCUT2D eigenvalue weighted by atomic mass is 16.3. The van der Waals surface area contributed by atoms with Crippen molar-refractivity contribution >= 4 is 16.9 Å². The summed E-state index contributed by atoms with van der Waals surface area (Å²) in [6.45, 7) is 10.9. The largest absolute Gasteiger partial charge is 0.459 e. The molecule has 0 spiro atoms. The van der Waals surface area contributed by atoms with Crippen LogP contribution in [0.5, 0.6) is 0 Å². The maximum Gasteiger partial charge on any atom is 0.191 e. The van der Waals surface area contributed by atoms with Crippen LogP contribution in [-0.2, 0) is 6.54 Å². The quantitative estimate of drug-likeness (QED) is 0.451. The Bertz CT molecular complexity index is 667. The van der Waals surface area contributed by atoms with E-state index in [4.69, 9.17) is 4.42 Å². The van der Waals surface area contributed by atoms with Gasteiger partial charge in [-0.15, -0.1) is 0 Å². The predicted molar refractivity (Wildman–Crippen MR) is 96.9 cm³/mol. The number of hydrogen-bond donors (Lipinski definition) is 3. The van der Waals surface area contributed by atoms with Crippen molar-refractivity contribution in [2.45, 2.75) is 39.8 Å². The number of para-hydroxylation sites is 1. The zero-order chi connectivity index (χ0) is 16.9. The second-order valence-corrected chi connectivity index (χ2v) is 6.68. The number of guanidine groups is 1. The third kappa shape index (κ3) is 4.99. The molecule has 5 heteroatoms. The van der Waals surface area contributed by atoms with E-state index in [2.05, 4.69) is 54.7 Å². The fourth-order valence-electron chi connectivity index (χ4n) is 2.40. The van der Waals surface area contributed by atoms with E-state index < -0.39 is 0 Å². The summed E-state index contributed by atoms with van der Waals surface area (Å²) in [6, 6.07) is 8.11. The molecule has 0 bridgehead atoms. The molecule has 0 atom stereocenters. The van der Waals surface area contributed by atoms with Crippen molar-refractivity contribution < 1.29 is 4.42 Å². The maximum absolute atomic E-state index is 5.91. The lowest BCUT2D eigenvalue weighted by atomic mass is 10.1. The molecular formula is C18H28N4O. The van der Waals surface area contributed by atoms with E-state index in [-0.39, 0.29) is 5.54 Å². The number of hydrogen-bond acceptors (Lipinski definition) is 3. The van der Waals surface area contributed by atoms with Gasteiger partial charge >= 0.3 is 0 Å². The van der Waals surface area contributed by atoms with Crippen molar-refractivity contribution in [2.24, 2.45) is 4.99 Å². The van der Waals surface area contributed by atoms with Crippen molar-refractivity contribution in [1.82, 2.24) is 16.0 Å². The Hall–Kier alpha value is -2.01. The minimum atomic E-state index is 0.129. The highest BCUT2D eigenvalue weighted by Crippen LogP contribution is 2.24. The molecule has 2 aromatic rings. The highest BCUT2D eigenvalue weighted by Gasteiger charge is 2.10. The Morgan fingerprint density at radius 3 is 2.52 bits per heavy atom. The van der Waals surface area contributed by atoms with E-state index >= 15 is 0 Å². The molecule has 126 valence electrons. The number of nitrogens with one attached hydrogen (secondary N) is 3. The fourth-order valence-corrected chi connectivity index (χ4v) is 2.40. The van der Waals surface area contributed by atoms with Crippen LogP contribution in [0.2, 0.25) is 0 Å². The van der Waals surface area contributed by atoms with Gasteiger partial charge in [-0.05, 0) is 33.8 Å². The predicted octanol–water partition coefficient (Wildman–Crippen LogP) is 2.79. The van der Waals surface area contributed by atoms with Crippen molar-refractivity contribution in [3.63, 3.8) is 0 Å². The Morgan fingerprint density at radius 2 is 1.87 bits per heavy atom. The molecule has 0 amide bonds. The molecule has 1 aromatic carbocycles. The second-order valence-electron chi connectivity index (χ2n) is 6.68. The molecule has 0 aliphatic heterocycles. The summed E-state index contributed by atoms with van der Waals surface area (Å²) in [6.07, 6.45) is 0. The van der Waals surface area contributed by atoms with Gasteiger partial charge in [0.1, 0.15) is 11.3 Å². The normalized spacial score (nSPS) is 12.7. The van der Waals surface area contributed by atoms with Gasteiger partial charge in [-0.3, -0.25) is 4.99 Å². The topological polar surface area (TPSA) is 61.6 Å². The monoisotopic (exact) mass is 316 g/mol. The first-order valence-electron chi connectivity index (χ1n) is 8.07. The lowest BCUT2D eigenvalue weighted by Gasteiger charge is -2.21. The number of fused-ring (bicyclic) bond motifs is 1. The van der Waals surface area contributed by atoms with Crippen LogP contribution < -0.4 is 16.0 Å². The van der Waals surface area contributed by atoms with Crippen molar-refractivity contribution in [1.29, 1.82) is 0 Å². The number of benzene rings is 1. The number of rotatable bonds is 5. The van der Waals surface area contributed by atoms with E-state index in [9.17, 15) is 0 Å². The molecular weight excluding hydrogens is 288 g/mol. The van der Waals surface area contributed by atoms with Crippen LogP contribution in [0.1, 0.15) is 32.1 Å². The molecule has 0 unspecified atom stereocenters. The van der Waals surface area contributed by atoms with Crippen LogP contribution in [0.3, 0.4) is 0 Å². The van der Waals surface area contributed by atoms with E-state index in [1.807, 2.05) is 18.2 Å². The molecule has 0 aliphatic rings. The minimum absolute atomic E-state index is 0.129. The van der Waals surface area contributed by atoms with E-state index in [1.165, 1.54) is 10.9 Å². The lowest BCUT2D eigenvalue weighted by molar-refractivity contribution is 0.428. The van der Waals surface area contributed by atoms with Gasteiger partial charge in [-0.1, -0.05) is 18.2 Å². The van der Waals surface area contributed by atoms with Crippen LogP contribution in [0, 0.1) is 6.92 Å². The summed E-state index contributed by atoms with van der Waals surface area (Å²) in [5.74, 6) is 1.72. The van der Waals surface area contributed by atoms with Crippen molar-refractivity contribution in [2.75, 3.05) is 20.1 Å². The van der Waals surface area contributed by atoms with Gasteiger partial charge in [-0.2, -0.15) is 0 Å². The van der Waals surface area contributed by atoms with Gasteiger partial charge in [0.05, 0.1) is 6.54 Å². The molecule has 2 rings (SSSR count). The molecule has 5 nitrogen and oxygen atoms in total. The molecule has 1 aromatic heterocycles. The molecule has 1 heterocycles. The van der Waals surface area contributed by atoms with E-state index in [0.29, 0.717) is 6.54 Å². The Morgan fingerprint density at radius 1 is 1.13 bits per heavy atom. The summed E-state index contributed by atoms with van der Waals surface area (Å²) in [5.41, 5.74) is 2.24. The average Bonchev–Trinajstić information content (AvgIpc) is 2.82. The Kier molecular flexibility index (Phi) is 5.66. The summed E-state index contributed by atoms with van der Waals surface area (Å²) in [7, 11) is 1.78. The first kappa shape index (κ1) is 17.3. The second kappa shape index (κ2) is 7.51. The van der Waals surface area contributed by atoms with E-state index in [0.717, 1.165) is 30.4 Å². The first-order valence-corrected chi connectivity index (χ1v) is 8.07. The molecule has 0 radical (unpaired) electrons. The number of aryl methyl sites for hydroxylation is 1. The van der Waals surface area contributed by atoms with Crippen LogP contribution >= 0.6 is 0 Å². The van der Waals surface area contributed by atoms with Gasteiger partial charge in [0.2, 0.25) is 0 Å². The minimum Gasteiger partial charge on any atom is -0.459 e. The van der Waals surface area contributed by atoms with Crippen molar-refractivity contribution in [3.05, 3.63) is 35.6 Å². The Balaban J connectivity index is 1.86. The van der Waals surface area contributed by atoms with Crippen LogP contribution in [0.15, 0.2) is 33.7 Å². The number of furan rings is 1. The molecule has 0 aliphatic carbocycles. The lowest BCUT2D eigenvalue weighted by Crippen LogP contribution is -2.44. The third-order valence-corrected chi connectivity index (χ3v) is 3.66. The Labute approximate surface area is 138 Å². The molecule has 0 fully saturated rings. The summed E-state index contributed by atoms with van der Waals surface area (Å²) in [5, 5.41) is 11.2. The zero-order valence-electron chi connectivity index (χ0n) is 14.8. The third-order valence-electron chi connectivity index (χ3n) is 3.66. The van der Waals surface area contributed by atoms with Crippen LogP contribution in [0.4, 0.5) is 0 Å². The van der Waals surface area contributed by atoms with Gasteiger partial charge in [0, 0.05) is 36.6 Å². The highest BCUT2D eigenvalue weighted by molar-refractivity contribution is 5.82.